The number of aromatic nitrogens is 1. The van der Waals surface area contributed by atoms with Gasteiger partial charge in [-0.1, -0.05) is 11.6 Å². The molecule has 1 aliphatic heterocycles. The summed E-state index contributed by atoms with van der Waals surface area (Å²) in [6, 6.07) is 10.2. The zero-order valence-electron chi connectivity index (χ0n) is 16.9. The van der Waals surface area contributed by atoms with Crippen molar-refractivity contribution in [2.75, 3.05) is 11.4 Å². The van der Waals surface area contributed by atoms with Gasteiger partial charge in [-0.3, -0.25) is 14.2 Å². The van der Waals surface area contributed by atoms with E-state index < -0.39 is 17.2 Å². The van der Waals surface area contributed by atoms with E-state index >= 15 is 0 Å². The molecule has 1 aromatic heterocycles. The summed E-state index contributed by atoms with van der Waals surface area (Å²) >= 11 is 6.27. The number of hydrogen-bond acceptors (Lipinski definition) is 3. The first kappa shape index (κ1) is 21.1. The van der Waals surface area contributed by atoms with Crippen LogP contribution in [0.5, 0.6) is 5.75 Å². The summed E-state index contributed by atoms with van der Waals surface area (Å²) in [5.41, 5.74) is 2.69. The number of rotatable bonds is 4. The number of hydrogen-bond donors (Lipinski definition) is 0. The molecule has 0 aliphatic carbocycles. The quantitative estimate of drug-likeness (QED) is 0.592. The Kier molecular flexibility index (Phi) is 5.54. The molecule has 1 amide bonds. The lowest BCUT2D eigenvalue weighted by molar-refractivity contribution is -0.116. The van der Waals surface area contributed by atoms with Crippen LogP contribution < -0.4 is 15.2 Å². The summed E-state index contributed by atoms with van der Waals surface area (Å²) in [5.74, 6) is -1.33. The minimum Gasteiger partial charge on any atom is -0.487 e. The first-order chi connectivity index (χ1) is 14.8. The van der Waals surface area contributed by atoms with Crippen molar-refractivity contribution in [3.8, 4) is 11.4 Å². The highest BCUT2D eigenvalue weighted by atomic mass is 35.5. The number of pyridine rings is 1. The van der Waals surface area contributed by atoms with E-state index in [4.69, 9.17) is 16.3 Å². The highest BCUT2D eigenvalue weighted by Crippen LogP contribution is 2.31. The van der Waals surface area contributed by atoms with Crippen molar-refractivity contribution in [3.63, 3.8) is 0 Å². The van der Waals surface area contributed by atoms with Crippen molar-refractivity contribution in [1.29, 1.82) is 0 Å². The lowest BCUT2D eigenvalue weighted by Crippen LogP contribution is -2.25. The molecule has 1 aliphatic rings. The molecule has 2 heterocycles. The van der Waals surface area contributed by atoms with E-state index in [2.05, 4.69) is 0 Å². The molecule has 0 bridgehead atoms. The Hall–Kier alpha value is -3.19. The molecule has 3 aromatic rings. The number of halogens is 3. The topological polar surface area (TPSA) is 51.5 Å². The fourth-order valence-corrected chi connectivity index (χ4v) is 3.95. The van der Waals surface area contributed by atoms with E-state index in [1.807, 2.05) is 12.1 Å². The molecular formula is C23H19ClF2N2O3. The van der Waals surface area contributed by atoms with Crippen molar-refractivity contribution in [2.24, 2.45) is 0 Å². The lowest BCUT2D eigenvalue weighted by Gasteiger charge is -2.17. The summed E-state index contributed by atoms with van der Waals surface area (Å²) < 4.78 is 33.9. The van der Waals surface area contributed by atoms with Gasteiger partial charge in [0, 0.05) is 48.2 Å². The monoisotopic (exact) mass is 444 g/mol. The summed E-state index contributed by atoms with van der Waals surface area (Å²) in [7, 11) is 0. The van der Waals surface area contributed by atoms with Gasteiger partial charge in [-0.25, -0.2) is 8.78 Å². The van der Waals surface area contributed by atoms with E-state index in [9.17, 15) is 18.4 Å². The van der Waals surface area contributed by atoms with E-state index in [1.165, 1.54) is 17.6 Å². The number of aryl methyl sites for hydroxylation is 1. The third-order valence-corrected chi connectivity index (χ3v) is 5.64. The van der Waals surface area contributed by atoms with E-state index in [1.54, 1.807) is 24.0 Å². The first-order valence-corrected chi connectivity index (χ1v) is 10.0. The lowest BCUT2D eigenvalue weighted by atomic mass is 10.1. The van der Waals surface area contributed by atoms with Crippen molar-refractivity contribution in [1.82, 2.24) is 4.57 Å². The second-order valence-electron chi connectivity index (χ2n) is 7.36. The van der Waals surface area contributed by atoms with Gasteiger partial charge in [-0.2, -0.15) is 0 Å². The summed E-state index contributed by atoms with van der Waals surface area (Å²) in [4.78, 5) is 26.4. The minimum absolute atomic E-state index is 0.0259. The zero-order chi connectivity index (χ0) is 22.3. The van der Waals surface area contributed by atoms with Crippen LogP contribution in [0.4, 0.5) is 14.5 Å². The Morgan fingerprint density at radius 2 is 1.94 bits per heavy atom. The molecule has 31 heavy (non-hydrogen) atoms. The minimum atomic E-state index is -0.737. The number of anilines is 1. The maximum Gasteiger partial charge on any atom is 0.277 e. The molecule has 0 saturated carbocycles. The Morgan fingerprint density at radius 3 is 2.65 bits per heavy atom. The molecule has 0 saturated heterocycles. The predicted octanol–water partition coefficient (Wildman–Crippen LogP) is 4.57. The molecular weight excluding hydrogens is 426 g/mol. The Bertz CT molecular complexity index is 1260. The van der Waals surface area contributed by atoms with Gasteiger partial charge in [0.25, 0.3) is 5.56 Å². The summed E-state index contributed by atoms with van der Waals surface area (Å²) in [6.45, 7) is 3.66. The first-order valence-electron chi connectivity index (χ1n) is 9.66. The maximum atomic E-state index is 13.8. The van der Waals surface area contributed by atoms with Gasteiger partial charge in [0.15, 0.2) is 0 Å². The molecule has 0 radical (unpaired) electrons. The molecule has 2 aromatic carbocycles. The van der Waals surface area contributed by atoms with Crippen LogP contribution in [0.15, 0.2) is 47.3 Å². The number of carbonyl (C=O) groups excluding carboxylic acids is 1. The number of ether oxygens (including phenoxy) is 1. The third-order valence-electron chi connectivity index (χ3n) is 5.30. The van der Waals surface area contributed by atoms with Crippen LogP contribution in [0, 0.1) is 18.6 Å². The second-order valence-corrected chi connectivity index (χ2v) is 7.74. The van der Waals surface area contributed by atoms with Gasteiger partial charge in [-0.15, -0.1) is 0 Å². The summed E-state index contributed by atoms with van der Waals surface area (Å²) in [6.07, 6.45) is 0.703. The molecule has 160 valence electrons. The predicted molar refractivity (Wildman–Crippen MR) is 114 cm³/mol. The van der Waals surface area contributed by atoms with Gasteiger partial charge < -0.3 is 9.64 Å². The van der Waals surface area contributed by atoms with Crippen molar-refractivity contribution in [2.45, 2.75) is 26.9 Å². The molecule has 0 N–H and O–H groups in total. The van der Waals surface area contributed by atoms with Gasteiger partial charge in [-0.05, 0) is 49.2 Å². The molecule has 0 atom stereocenters. The Labute approximate surface area is 182 Å². The Balaban J connectivity index is 1.65. The molecule has 0 unspecified atom stereocenters. The zero-order valence-corrected chi connectivity index (χ0v) is 17.7. The number of fused-ring (bicyclic) bond motifs is 1. The summed E-state index contributed by atoms with van der Waals surface area (Å²) in [5, 5.41) is -0.140. The van der Waals surface area contributed by atoms with Crippen LogP contribution in [0.3, 0.4) is 0 Å². The van der Waals surface area contributed by atoms with E-state index in [0.29, 0.717) is 24.3 Å². The standard InChI is InChI=1S/C23H19ClF2N2O3/c1-13-9-21(31-12-16-3-4-17(25)11-19(16)26)22(24)23(30)28(13)18-5-6-20-15(10-18)7-8-27(20)14(2)29/h3-6,9-11H,7-8,12H2,1-2H3. The average Bonchev–Trinajstić information content (AvgIpc) is 3.14. The molecule has 8 heteroatoms. The van der Waals surface area contributed by atoms with Gasteiger partial charge in [0.2, 0.25) is 5.91 Å². The molecule has 4 rings (SSSR count). The third kappa shape index (κ3) is 3.93. The van der Waals surface area contributed by atoms with Crippen molar-refractivity contribution in [3.05, 3.63) is 86.3 Å². The Morgan fingerprint density at radius 1 is 1.16 bits per heavy atom. The number of benzene rings is 2. The molecule has 5 nitrogen and oxygen atoms in total. The largest absolute Gasteiger partial charge is 0.487 e. The molecule has 0 spiro atoms. The van der Waals surface area contributed by atoms with Crippen LogP contribution in [0.1, 0.15) is 23.7 Å². The normalized spacial score (nSPS) is 12.7. The average molecular weight is 445 g/mol. The van der Waals surface area contributed by atoms with Crippen LogP contribution in [0.2, 0.25) is 5.02 Å². The van der Waals surface area contributed by atoms with Crippen LogP contribution in [-0.4, -0.2) is 17.0 Å². The van der Waals surface area contributed by atoms with Crippen molar-refractivity contribution < 1.29 is 18.3 Å². The van der Waals surface area contributed by atoms with Gasteiger partial charge in [0.1, 0.15) is 29.0 Å². The van der Waals surface area contributed by atoms with E-state index in [0.717, 1.165) is 23.4 Å². The highest BCUT2D eigenvalue weighted by molar-refractivity contribution is 6.31. The van der Waals surface area contributed by atoms with E-state index in [-0.39, 0.29) is 28.8 Å². The maximum absolute atomic E-state index is 13.8. The highest BCUT2D eigenvalue weighted by Gasteiger charge is 2.23. The number of carbonyl (C=O) groups is 1. The van der Waals surface area contributed by atoms with Crippen LogP contribution in [0.25, 0.3) is 5.69 Å². The fraction of sp³-hybridized carbons (Fsp3) is 0.217. The SMILES string of the molecule is CC(=O)N1CCc2cc(-n3c(C)cc(OCc4ccc(F)cc4F)c(Cl)c3=O)ccc21. The second kappa shape index (κ2) is 8.15. The van der Waals surface area contributed by atoms with Crippen molar-refractivity contribution >= 4 is 23.2 Å². The van der Waals surface area contributed by atoms with Gasteiger partial charge in [0.05, 0.1) is 0 Å². The molecule has 0 fully saturated rings. The smallest absolute Gasteiger partial charge is 0.277 e. The van der Waals surface area contributed by atoms with Crippen LogP contribution in [-0.2, 0) is 17.8 Å². The van der Waals surface area contributed by atoms with Crippen LogP contribution >= 0.6 is 11.6 Å². The fourth-order valence-electron chi connectivity index (χ4n) is 3.76. The van der Waals surface area contributed by atoms with Gasteiger partial charge >= 0.3 is 0 Å². The number of nitrogens with zero attached hydrogens (tertiary/aromatic N) is 2. The number of amides is 1.